The van der Waals surface area contributed by atoms with Crippen LogP contribution in [-0.4, -0.2) is 50.1 Å². The third-order valence-corrected chi connectivity index (χ3v) is 5.83. The predicted molar refractivity (Wildman–Crippen MR) is 122 cm³/mol. The van der Waals surface area contributed by atoms with E-state index in [4.69, 9.17) is 20.0 Å². The lowest BCUT2D eigenvalue weighted by atomic mass is 9.85. The minimum atomic E-state index is -0.190. The van der Waals surface area contributed by atoms with Gasteiger partial charge in [-0.05, 0) is 55.4 Å². The molecule has 9 nitrogen and oxygen atoms in total. The van der Waals surface area contributed by atoms with Crippen LogP contribution in [0, 0.1) is 5.41 Å². The molecule has 1 aliphatic rings. The molecule has 0 spiro atoms. The van der Waals surface area contributed by atoms with Gasteiger partial charge in [0.05, 0.1) is 13.2 Å². The first-order valence-corrected chi connectivity index (χ1v) is 11.3. The summed E-state index contributed by atoms with van der Waals surface area (Å²) in [6.07, 6.45) is 2.72. The molecule has 1 aromatic carbocycles. The Morgan fingerprint density at radius 1 is 1.15 bits per heavy atom. The van der Waals surface area contributed by atoms with Crippen LogP contribution in [0.5, 0.6) is 11.6 Å². The maximum Gasteiger partial charge on any atom is 0.242 e. The number of aryl methyl sites for hydroxylation is 1. The molecule has 0 aliphatic heterocycles. The van der Waals surface area contributed by atoms with Crippen LogP contribution in [0.3, 0.4) is 0 Å². The molecule has 0 saturated carbocycles. The molecule has 0 saturated heterocycles. The molecule has 4 rings (SSSR count). The molecule has 1 aliphatic carbocycles. The second kappa shape index (κ2) is 8.97. The van der Waals surface area contributed by atoms with Crippen LogP contribution in [0.25, 0.3) is 5.65 Å². The number of hydrogen-bond donors (Lipinski definition) is 2. The number of carbonyl (C=O) groups is 1. The maximum atomic E-state index is 13.2. The summed E-state index contributed by atoms with van der Waals surface area (Å²) in [7, 11) is 0. The number of aliphatic hydroxyl groups excluding tert-OH is 1. The summed E-state index contributed by atoms with van der Waals surface area (Å²) in [5.74, 6) is 0.899. The summed E-state index contributed by atoms with van der Waals surface area (Å²) in [6, 6.07) is 5.43. The fourth-order valence-electron chi connectivity index (χ4n) is 4.10. The molecule has 33 heavy (non-hydrogen) atoms. The van der Waals surface area contributed by atoms with Crippen LogP contribution in [0.2, 0.25) is 0 Å². The van der Waals surface area contributed by atoms with E-state index in [2.05, 4.69) is 31.0 Å². The average molecular weight is 454 g/mol. The van der Waals surface area contributed by atoms with Crippen LogP contribution < -0.4 is 15.1 Å². The van der Waals surface area contributed by atoms with Gasteiger partial charge in [-0.3, -0.25) is 10.2 Å². The number of fused-ring (bicyclic) bond motifs is 3. The Morgan fingerprint density at radius 3 is 2.61 bits per heavy atom. The number of ether oxygens (including phenoxy) is 2. The fourth-order valence-corrected chi connectivity index (χ4v) is 4.10. The lowest BCUT2D eigenvalue weighted by molar-refractivity contribution is 0.0965. The van der Waals surface area contributed by atoms with Crippen LogP contribution in [0.15, 0.2) is 18.2 Å². The molecular formula is C24H31N5O4. The van der Waals surface area contributed by atoms with E-state index in [0.717, 1.165) is 36.0 Å². The smallest absolute Gasteiger partial charge is 0.242 e. The molecule has 176 valence electrons. The summed E-state index contributed by atoms with van der Waals surface area (Å²) in [5, 5.41) is 26.8. The number of nitrogens with zero attached hydrogens (tertiary/aromatic N) is 4. The van der Waals surface area contributed by atoms with Gasteiger partial charge in [0.2, 0.25) is 11.5 Å². The van der Waals surface area contributed by atoms with Gasteiger partial charge >= 0.3 is 0 Å². The molecule has 0 atom stereocenters. The second-order valence-corrected chi connectivity index (χ2v) is 9.26. The normalized spacial score (nSPS) is 13.4. The van der Waals surface area contributed by atoms with E-state index in [0.29, 0.717) is 29.4 Å². The Labute approximate surface area is 192 Å². The van der Waals surface area contributed by atoms with Crippen molar-refractivity contribution in [2.45, 2.75) is 58.9 Å². The lowest BCUT2D eigenvalue weighted by Crippen LogP contribution is -2.26. The standard InChI is InChI=1S/C24H31N5O4/c1-5-32-22-19-8-6-7-18(19)21-26-28(23(25)29(21)27-22)14-20(31)15-11-16(24(2,3)4)13-17(12-15)33-10-9-30/h11-13,25,30H,5-10,14H2,1-4H3. The molecular weight excluding hydrogens is 422 g/mol. The zero-order valence-electron chi connectivity index (χ0n) is 19.6. The SMILES string of the molecule is CCOc1nn2c(=N)n(CC(=O)c3cc(OCCO)cc(C(C)(C)C)c3)nc2c2c1CCC2. The molecule has 0 radical (unpaired) electrons. The monoisotopic (exact) mass is 453 g/mol. The third-order valence-electron chi connectivity index (χ3n) is 5.83. The van der Waals surface area contributed by atoms with Gasteiger partial charge in [-0.15, -0.1) is 10.2 Å². The zero-order chi connectivity index (χ0) is 23.8. The van der Waals surface area contributed by atoms with E-state index in [1.165, 1.54) is 9.20 Å². The molecule has 2 heterocycles. The third kappa shape index (κ3) is 4.50. The van der Waals surface area contributed by atoms with Crippen LogP contribution in [0.4, 0.5) is 0 Å². The zero-order valence-corrected chi connectivity index (χ0v) is 19.6. The second-order valence-electron chi connectivity index (χ2n) is 9.26. The maximum absolute atomic E-state index is 13.2. The molecule has 2 aromatic heterocycles. The molecule has 2 N–H and O–H groups in total. The van der Waals surface area contributed by atoms with Crippen molar-refractivity contribution >= 4 is 11.4 Å². The summed E-state index contributed by atoms with van der Waals surface area (Å²) < 4.78 is 14.2. The number of nitrogens with one attached hydrogen (secondary N) is 1. The summed E-state index contributed by atoms with van der Waals surface area (Å²) >= 11 is 0. The van der Waals surface area contributed by atoms with Gasteiger partial charge in [0, 0.05) is 16.7 Å². The summed E-state index contributed by atoms with van der Waals surface area (Å²) in [4.78, 5) is 13.2. The Morgan fingerprint density at radius 2 is 1.91 bits per heavy atom. The Hall–Kier alpha value is -3.20. The van der Waals surface area contributed by atoms with Crippen molar-refractivity contribution in [2.24, 2.45) is 0 Å². The molecule has 3 aromatic rings. The van der Waals surface area contributed by atoms with E-state index in [-0.39, 0.29) is 36.6 Å². The minimum Gasteiger partial charge on any atom is -0.491 e. The van der Waals surface area contributed by atoms with Crippen molar-refractivity contribution in [1.82, 2.24) is 19.4 Å². The van der Waals surface area contributed by atoms with Crippen molar-refractivity contribution in [3.63, 3.8) is 0 Å². The number of benzene rings is 1. The van der Waals surface area contributed by atoms with Gasteiger partial charge in [0.15, 0.2) is 11.4 Å². The Bertz CT molecular complexity index is 1250. The minimum absolute atomic E-state index is 0.0257. The lowest BCUT2D eigenvalue weighted by Gasteiger charge is -2.21. The molecule has 0 fully saturated rings. The van der Waals surface area contributed by atoms with E-state index < -0.39 is 0 Å². The number of hydrogen-bond acceptors (Lipinski definition) is 7. The van der Waals surface area contributed by atoms with Crippen molar-refractivity contribution < 1.29 is 19.4 Å². The van der Waals surface area contributed by atoms with Crippen molar-refractivity contribution in [3.05, 3.63) is 46.1 Å². The van der Waals surface area contributed by atoms with Gasteiger partial charge in [-0.2, -0.15) is 4.52 Å². The highest BCUT2D eigenvalue weighted by Crippen LogP contribution is 2.31. The van der Waals surface area contributed by atoms with E-state index >= 15 is 0 Å². The topological polar surface area (TPSA) is 115 Å². The van der Waals surface area contributed by atoms with Gasteiger partial charge in [-0.1, -0.05) is 20.8 Å². The molecule has 9 heteroatoms. The highest BCUT2D eigenvalue weighted by Gasteiger charge is 2.25. The highest BCUT2D eigenvalue weighted by atomic mass is 16.5. The fraction of sp³-hybridized carbons (Fsp3) is 0.500. The van der Waals surface area contributed by atoms with Gasteiger partial charge in [0.1, 0.15) is 18.9 Å². The summed E-state index contributed by atoms with van der Waals surface area (Å²) in [6.45, 7) is 8.55. The van der Waals surface area contributed by atoms with Crippen molar-refractivity contribution in [1.29, 1.82) is 5.41 Å². The van der Waals surface area contributed by atoms with Crippen molar-refractivity contribution in [3.8, 4) is 11.6 Å². The van der Waals surface area contributed by atoms with Crippen molar-refractivity contribution in [2.75, 3.05) is 19.8 Å². The van der Waals surface area contributed by atoms with Crippen LogP contribution >= 0.6 is 0 Å². The quantitative estimate of drug-likeness (QED) is 0.507. The number of Topliss-reactive ketones (excluding diaryl/α,β-unsaturated/α-hetero) is 1. The van der Waals surface area contributed by atoms with Gasteiger partial charge < -0.3 is 14.6 Å². The number of rotatable bonds is 8. The van der Waals surface area contributed by atoms with E-state index in [1.807, 2.05) is 19.1 Å². The van der Waals surface area contributed by atoms with E-state index in [9.17, 15) is 4.79 Å². The van der Waals surface area contributed by atoms with Crippen LogP contribution in [0.1, 0.15) is 61.2 Å². The van der Waals surface area contributed by atoms with Crippen LogP contribution in [-0.2, 0) is 24.8 Å². The highest BCUT2D eigenvalue weighted by molar-refractivity contribution is 5.96. The Balaban J connectivity index is 1.71. The van der Waals surface area contributed by atoms with E-state index in [1.54, 1.807) is 6.07 Å². The first-order valence-electron chi connectivity index (χ1n) is 11.3. The first kappa shape index (κ1) is 23.0. The molecule has 0 amide bonds. The Kier molecular flexibility index (Phi) is 6.25. The number of carbonyl (C=O) groups excluding carboxylic acids is 1. The predicted octanol–water partition coefficient (Wildman–Crippen LogP) is 2.45. The summed E-state index contributed by atoms with van der Waals surface area (Å²) in [5.41, 5.74) is 3.97. The first-order chi connectivity index (χ1) is 15.7. The molecule has 0 bridgehead atoms. The number of aromatic nitrogens is 4. The number of ketones is 1. The average Bonchev–Trinajstić information content (AvgIpc) is 3.38. The van der Waals surface area contributed by atoms with Gasteiger partial charge in [0.25, 0.3) is 0 Å². The number of aliphatic hydroxyl groups is 1. The van der Waals surface area contributed by atoms with Gasteiger partial charge in [-0.25, -0.2) is 4.68 Å². The molecule has 0 unspecified atom stereocenters. The largest absolute Gasteiger partial charge is 0.491 e.